The van der Waals surface area contributed by atoms with E-state index in [2.05, 4.69) is 20.9 Å². The van der Waals surface area contributed by atoms with Crippen LogP contribution >= 0.6 is 0 Å². The van der Waals surface area contributed by atoms with Crippen LogP contribution in [-0.4, -0.2) is 60.0 Å². The summed E-state index contributed by atoms with van der Waals surface area (Å²) >= 11 is 0. The number of rotatable bonds is 6. The van der Waals surface area contributed by atoms with Gasteiger partial charge in [-0.25, -0.2) is 9.37 Å². The van der Waals surface area contributed by atoms with Gasteiger partial charge in [-0.15, -0.1) is 0 Å². The molecule has 3 heterocycles. The van der Waals surface area contributed by atoms with Crippen LogP contribution in [0.25, 0.3) is 0 Å². The molecule has 158 valence electrons. The number of pyridine rings is 1. The molecule has 0 saturated carbocycles. The van der Waals surface area contributed by atoms with Crippen molar-refractivity contribution in [3.63, 3.8) is 0 Å². The summed E-state index contributed by atoms with van der Waals surface area (Å²) in [4.78, 5) is 23.8. The lowest BCUT2D eigenvalue weighted by Gasteiger charge is -2.35. The van der Waals surface area contributed by atoms with Gasteiger partial charge in [0.15, 0.2) is 0 Å². The second-order valence-electron chi connectivity index (χ2n) is 7.70. The fraction of sp³-hybridized carbons (Fsp3) is 0.391. The van der Waals surface area contributed by atoms with Crippen molar-refractivity contribution >= 4 is 11.7 Å². The first kappa shape index (κ1) is 20.3. The molecule has 1 saturated heterocycles. The van der Waals surface area contributed by atoms with Crippen LogP contribution in [-0.2, 0) is 0 Å². The SMILES string of the molecule is CC1=COc2ccc(F)cc2C(=O)N1CCCCN1CCN(c2ccccn2)CC1. The lowest BCUT2D eigenvalue weighted by atomic mass is 10.1. The predicted molar refractivity (Wildman–Crippen MR) is 114 cm³/mol. The number of allylic oxidation sites excluding steroid dienone is 1. The van der Waals surface area contributed by atoms with E-state index in [1.807, 2.05) is 25.3 Å². The molecule has 0 spiro atoms. The van der Waals surface area contributed by atoms with Crippen LogP contribution in [0.4, 0.5) is 10.2 Å². The van der Waals surface area contributed by atoms with Crippen molar-refractivity contribution in [3.8, 4) is 5.75 Å². The standard InChI is InChI=1S/C23H27FN4O2/c1-18-17-30-21-8-7-19(24)16-20(21)23(29)28(18)11-5-4-10-26-12-14-27(15-13-26)22-6-2-3-9-25-22/h2-3,6-9,16-17H,4-5,10-15H2,1H3. The van der Waals surface area contributed by atoms with Gasteiger partial charge in [0, 0.05) is 38.9 Å². The maximum atomic E-state index is 13.6. The topological polar surface area (TPSA) is 48.9 Å². The van der Waals surface area contributed by atoms with Crippen molar-refractivity contribution in [1.29, 1.82) is 0 Å². The fourth-order valence-electron chi connectivity index (χ4n) is 3.91. The lowest BCUT2D eigenvalue weighted by Crippen LogP contribution is -2.47. The molecule has 1 aromatic heterocycles. The third-order valence-corrected chi connectivity index (χ3v) is 5.65. The lowest BCUT2D eigenvalue weighted by molar-refractivity contribution is 0.0804. The van der Waals surface area contributed by atoms with Crippen LogP contribution in [0.5, 0.6) is 5.75 Å². The van der Waals surface area contributed by atoms with E-state index in [4.69, 9.17) is 4.74 Å². The molecule has 0 radical (unpaired) electrons. The Labute approximate surface area is 176 Å². The Morgan fingerprint density at radius 2 is 1.87 bits per heavy atom. The van der Waals surface area contributed by atoms with Gasteiger partial charge in [-0.3, -0.25) is 9.69 Å². The van der Waals surface area contributed by atoms with E-state index >= 15 is 0 Å². The van der Waals surface area contributed by atoms with E-state index in [0.29, 0.717) is 12.3 Å². The number of ether oxygens (including phenoxy) is 1. The number of carbonyl (C=O) groups excluding carboxylic acids is 1. The predicted octanol–water partition coefficient (Wildman–Crippen LogP) is 3.52. The van der Waals surface area contributed by atoms with Crippen molar-refractivity contribution in [2.45, 2.75) is 19.8 Å². The number of halogens is 1. The number of anilines is 1. The largest absolute Gasteiger partial charge is 0.462 e. The van der Waals surface area contributed by atoms with Crippen molar-refractivity contribution < 1.29 is 13.9 Å². The molecule has 0 unspecified atom stereocenters. The van der Waals surface area contributed by atoms with Crippen LogP contribution in [0.15, 0.2) is 54.6 Å². The van der Waals surface area contributed by atoms with Gasteiger partial charge in [0.2, 0.25) is 0 Å². The van der Waals surface area contributed by atoms with Gasteiger partial charge < -0.3 is 14.5 Å². The molecule has 2 aliphatic rings. The maximum absolute atomic E-state index is 13.6. The molecule has 2 aliphatic heterocycles. The summed E-state index contributed by atoms with van der Waals surface area (Å²) in [6.45, 7) is 7.41. The Balaban J connectivity index is 1.25. The maximum Gasteiger partial charge on any atom is 0.262 e. The Morgan fingerprint density at radius 3 is 2.63 bits per heavy atom. The first-order chi connectivity index (χ1) is 14.6. The monoisotopic (exact) mass is 410 g/mol. The van der Waals surface area contributed by atoms with Crippen LogP contribution in [0.3, 0.4) is 0 Å². The molecule has 6 nitrogen and oxygen atoms in total. The van der Waals surface area contributed by atoms with Crippen molar-refractivity contribution in [2.75, 3.05) is 44.2 Å². The summed E-state index contributed by atoms with van der Waals surface area (Å²) in [6.07, 6.45) is 5.28. The molecule has 1 fully saturated rings. The Morgan fingerprint density at radius 1 is 1.07 bits per heavy atom. The quantitative estimate of drug-likeness (QED) is 0.682. The summed E-state index contributed by atoms with van der Waals surface area (Å²) in [5.74, 6) is 0.793. The zero-order chi connectivity index (χ0) is 20.9. The summed E-state index contributed by atoms with van der Waals surface area (Å²) in [5.41, 5.74) is 1.01. The van der Waals surface area contributed by atoms with Crippen LogP contribution in [0.2, 0.25) is 0 Å². The number of unbranched alkanes of at least 4 members (excludes halogenated alkanes) is 1. The third-order valence-electron chi connectivity index (χ3n) is 5.65. The molecule has 30 heavy (non-hydrogen) atoms. The average molecular weight is 410 g/mol. The molecule has 1 aromatic carbocycles. The van der Waals surface area contributed by atoms with Crippen LogP contribution < -0.4 is 9.64 Å². The second-order valence-corrected chi connectivity index (χ2v) is 7.70. The average Bonchev–Trinajstić information content (AvgIpc) is 2.89. The number of carbonyl (C=O) groups is 1. The van der Waals surface area contributed by atoms with E-state index in [1.165, 1.54) is 18.2 Å². The second kappa shape index (κ2) is 9.26. The van der Waals surface area contributed by atoms with Crippen LogP contribution in [0.1, 0.15) is 30.1 Å². The molecule has 1 amide bonds. The van der Waals surface area contributed by atoms with E-state index in [-0.39, 0.29) is 11.5 Å². The van der Waals surface area contributed by atoms with E-state index < -0.39 is 5.82 Å². The van der Waals surface area contributed by atoms with Crippen molar-refractivity contribution in [3.05, 3.63) is 65.9 Å². The number of hydrogen-bond donors (Lipinski definition) is 0. The van der Waals surface area contributed by atoms with Crippen molar-refractivity contribution in [1.82, 2.24) is 14.8 Å². The first-order valence-corrected chi connectivity index (χ1v) is 10.4. The van der Waals surface area contributed by atoms with Gasteiger partial charge in [0.05, 0.1) is 11.3 Å². The molecule has 7 heteroatoms. The number of amides is 1. The summed E-state index contributed by atoms with van der Waals surface area (Å²) in [6, 6.07) is 10.1. The smallest absolute Gasteiger partial charge is 0.262 e. The van der Waals surface area contributed by atoms with Gasteiger partial charge in [0.25, 0.3) is 5.91 Å². The first-order valence-electron chi connectivity index (χ1n) is 10.4. The number of fused-ring (bicyclic) bond motifs is 1. The zero-order valence-corrected chi connectivity index (χ0v) is 17.3. The van der Waals surface area contributed by atoms with Gasteiger partial charge >= 0.3 is 0 Å². The minimum Gasteiger partial charge on any atom is -0.462 e. The molecular formula is C23H27FN4O2. The van der Waals surface area contributed by atoms with Gasteiger partial charge in [-0.05, 0) is 56.6 Å². The molecule has 0 bridgehead atoms. The normalized spacial score (nSPS) is 17.3. The van der Waals surface area contributed by atoms with Gasteiger partial charge in [-0.2, -0.15) is 0 Å². The number of piperazine rings is 1. The van der Waals surface area contributed by atoms with Crippen LogP contribution in [0, 0.1) is 5.82 Å². The number of aromatic nitrogens is 1. The summed E-state index contributed by atoms with van der Waals surface area (Å²) in [7, 11) is 0. The van der Waals surface area contributed by atoms with E-state index in [0.717, 1.165) is 57.1 Å². The zero-order valence-electron chi connectivity index (χ0n) is 17.3. The highest BCUT2D eigenvalue weighted by Gasteiger charge is 2.25. The Hall–Kier alpha value is -2.93. The highest BCUT2D eigenvalue weighted by molar-refractivity contribution is 5.98. The highest BCUT2D eigenvalue weighted by Crippen LogP contribution is 2.27. The molecule has 2 aromatic rings. The molecular weight excluding hydrogens is 383 g/mol. The third kappa shape index (κ3) is 4.62. The minimum atomic E-state index is -0.435. The minimum absolute atomic E-state index is 0.209. The molecule has 0 N–H and O–H groups in total. The molecule has 0 aliphatic carbocycles. The van der Waals surface area contributed by atoms with Gasteiger partial charge in [-0.1, -0.05) is 6.07 Å². The Bertz CT molecular complexity index is 911. The number of hydrogen-bond acceptors (Lipinski definition) is 5. The van der Waals surface area contributed by atoms with Gasteiger partial charge in [0.1, 0.15) is 23.6 Å². The fourth-order valence-corrected chi connectivity index (χ4v) is 3.91. The molecule has 4 rings (SSSR count). The van der Waals surface area contributed by atoms with E-state index in [9.17, 15) is 9.18 Å². The Kier molecular flexibility index (Phi) is 6.28. The van der Waals surface area contributed by atoms with E-state index in [1.54, 1.807) is 11.2 Å². The highest BCUT2D eigenvalue weighted by atomic mass is 19.1. The number of benzene rings is 1. The summed E-state index contributed by atoms with van der Waals surface area (Å²) in [5, 5.41) is 0. The summed E-state index contributed by atoms with van der Waals surface area (Å²) < 4.78 is 19.2. The molecule has 0 atom stereocenters. The van der Waals surface area contributed by atoms with Crippen molar-refractivity contribution in [2.24, 2.45) is 0 Å². The number of nitrogens with zero attached hydrogens (tertiary/aromatic N) is 4.